The summed E-state index contributed by atoms with van der Waals surface area (Å²) in [5, 5.41) is -0.609. The molecule has 1 heterocycles. The molecule has 0 bridgehead atoms. The zero-order chi connectivity index (χ0) is 17.9. The van der Waals surface area contributed by atoms with Crippen molar-refractivity contribution < 1.29 is 13.2 Å². The molecule has 0 aliphatic carbocycles. The van der Waals surface area contributed by atoms with Crippen LogP contribution in [0.3, 0.4) is 0 Å². The quantitative estimate of drug-likeness (QED) is 0.780. The highest BCUT2D eigenvalue weighted by Gasteiger charge is 2.42. The summed E-state index contributed by atoms with van der Waals surface area (Å²) in [6, 6.07) is 8.81. The van der Waals surface area contributed by atoms with Crippen LogP contribution < -0.4 is 15.8 Å². The Morgan fingerprint density at radius 3 is 2.17 bits per heavy atom. The first-order valence-corrected chi connectivity index (χ1v) is 9.61. The van der Waals surface area contributed by atoms with Gasteiger partial charge in [-0.05, 0) is 32.9 Å². The smallest absolute Gasteiger partial charge is 0.242 e. The topological polar surface area (TPSA) is 81.8 Å². The van der Waals surface area contributed by atoms with Crippen molar-refractivity contribution in [1.29, 1.82) is 0 Å². The van der Waals surface area contributed by atoms with Crippen LogP contribution in [-0.4, -0.2) is 56.1 Å². The number of sulfonamides is 1. The number of hydrogen-bond acceptors (Lipinski definition) is 5. The fourth-order valence-corrected chi connectivity index (χ4v) is 4.93. The van der Waals surface area contributed by atoms with Crippen LogP contribution in [0.2, 0.25) is 0 Å². The lowest BCUT2D eigenvalue weighted by Gasteiger charge is -2.28. The molecule has 24 heavy (non-hydrogen) atoms. The molecular weight excluding hydrogens is 328 g/mol. The highest BCUT2D eigenvalue weighted by Crippen LogP contribution is 2.20. The predicted octanol–water partition coefficient (Wildman–Crippen LogP) is 0.555. The Kier molecular flexibility index (Phi) is 5.97. The Hall–Kier alpha value is -1.48. The van der Waals surface area contributed by atoms with Crippen LogP contribution in [-0.2, 0) is 14.8 Å². The first kappa shape index (κ1) is 18.9. The minimum absolute atomic E-state index is 0.180. The van der Waals surface area contributed by atoms with Gasteiger partial charge in [0.25, 0.3) is 0 Å². The number of benzene rings is 1. The average Bonchev–Trinajstić information content (AvgIpc) is 2.88. The number of hydrazine groups is 1. The minimum atomic E-state index is -3.60. The van der Waals surface area contributed by atoms with Crippen molar-refractivity contribution in [3.05, 3.63) is 30.3 Å². The Morgan fingerprint density at radius 2 is 1.67 bits per heavy atom. The second kappa shape index (κ2) is 7.60. The number of nitrogens with one attached hydrogen (secondary N) is 2. The van der Waals surface area contributed by atoms with Gasteiger partial charge in [-0.2, -0.15) is 4.31 Å². The number of rotatable bonds is 6. The normalized spacial score (nSPS) is 24.3. The van der Waals surface area contributed by atoms with Crippen LogP contribution in [0.4, 0.5) is 5.69 Å². The summed E-state index contributed by atoms with van der Waals surface area (Å²) in [6.07, 6.45) is 0. The number of hydrogen-bond donors (Lipinski definition) is 2. The third-order valence-corrected chi connectivity index (χ3v) is 6.85. The molecule has 2 rings (SSSR count). The molecule has 2 atom stereocenters. The van der Waals surface area contributed by atoms with Gasteiger partial charge in [0.1, 0.15) is 5.25 Å². The van der Waals surface area contributed by atoms with Gasteiger partial charge in [-0.1, -0.05) is 18.2 Å². The molecule has 1 saturated heterocycles. The molecule has 134 valence electrons. The van der Waals surface area contributed by atoms with Crippen LogP contribution in [0.25, 0.3) is 0 Å². The molecule has 1 aliphatic rings. The lowest BCUT2D eigenvalue weighted by Crippen LogP contribution is -2.49. The van der Waals surface area contributed by atoms with E-state index in [-0.39, 0.29) is 24.5 Å². The summed E-state index contributed by atoms with van der Waals surface area (Å²) >= 11 is 0. The van der Waals surface area contributed by atoms with E-state index in [1.165, 1.54) is 7.05 Å². The molecule has 1 aliphatic heterocycles. The van der Waals surface area contributed by atoms with Gasteiger partial charge in [-0.15, -0.1) is 0 Å². The van der Waals surface area contributed by atoms with Gasteiger partial charge >= 0.3 is 0 Å². The maximum atomic E-state index is 12.8. The largest absolute Gasteiger partial charge is 0.312 e. The van der Waals surface area contributed by atoms with Crippen LogP contribution in [0.1, 0.15) is 20.8 Å². The van der Waals surface area contributed by atoms with E-state index in [0.717, 1.165) is 9.99 Å². The molecule has 1 amide bonds. The monoisotopic (exact) mass is 354 g/mol. The lowest BCUT2D eigenvalue weighted by atomic mass is 10.2. The van der Waals surface area contributed by atoms with E-state index in [0.29, 0.717) is 6.54 Å². The fourth-order valence-electron chi connectivity index (χ4n) is 3.06. The van der Waals surface area contributed by atoms with Crippen LogP contribution >= 0.6 is 0 Å². The summed E-state index contributed by atoms with van der Waals surface area (Å²) in [7, 11) is -2.13. The molecule has 0 radical (unpaired) electrons. The van der Waals surface area contributed by atoms with Gasteiger partial charge in [0.2, 0.25) is 15.9 Å². The van der Waals surface area contributed by atoms with Crippen molar-refractivity contribution in [2.75, 3.05) is 25.0 Å². The molecule has 0 saturated carbocycles. The third-order valence-electron chi connectivity index (χ3n) is 4.35. The van der Waals surface area contributed by atoms with E-state index < -0.39 is 15.3 Å². The molecule has 0 spiro atoms. The van der Waals surface area contributed by atoms with E-state index in [1.807, 2.05) is 51.1 Å². The molecule has 8 heteroatoms. The number of para-hydroxylation sites is 1. The van der Waals surface area contributed by atoms with Crippen molar-refractivity contribution >= 4 is 21.6 Å². The lowest BCUT2D eigenvalue weighted by molar-refractivity contribution is -0.118. The van der Waals surface area contributed by atoms with Crippen molar-refractivity contribution in [1.82, 2.24) is 15.2 Å². The molecular formula is C16H26N4O3S. The van der Waals surface area contributed by atoms with E-state index in [4.69, 9.17) is 0 Å². The minimum Gasteiger partial charge on any atom is -0.312 e. The number of carbonyl (C=O) groups excluding carboxylic acids is 1. The Labute approximate surface area is 144 Å². The predicted molar refractivity (Wildman–Crippen MR) is 95.0 cm³/mol. The fraction of sp³-hybridized carbons (Fsp3) is 0.562. The molecule has 7 nitrogen and oxygen atoms in total. The van der Waals surface area contributed by atoms with Crippen LogP contribution in [0, 0.1) is 0 Å². The number of anilines is 1. The first-order valence-electron chi connectivity index (χ1n) is 8.10. The number of likely N-dealkylation sites (N-methyl/N-ethyl adjacent to an activating group) is 2. The molecule has 1 fully saturated rings. The first-order chi connectivity index (χ1) is 11.3. The average molecular weight is 354 g/mol. The van der Waals surface area contributed by atoms with E-state index >= 15 is 0 Å². The highest BCUT2D eigenvalue weighted by molar-refractivity contribution is 7.89. The summed E-state index contributed by atoms with van der Waals surface area (Å²) in [6.45, 7) is 5.80. The van der Waals surface area contributed by atoms with Gasteiger partial charge in [0.05, 0.1) is 6.54 Å². The standard InChI is InChI=1S/C16H26N4O3S/c1-5-20(14-9-7-6-8-10-14)15(21)11-19(4)24(22,23)16-12(2)17-18-13(16)3/h6-10,12-13,16-18H,5,11H2,1-4H3. The summed E-state index contributed by atoms with van der Waals surface area (Å²) < 4.78 is 26.8. The maximum Gasteiger partial charge on any atom is 0.242 e. The Balaban J connectivity index is 2.13. The summed E-state index contributed by atoms with van der Waals surface area (Å²) in [4.78, 5) is 14.2. The second-order valence-electron chi connectivity index (χ2n) is 6.11. The number of nitrogens with zero attached hydrogens (tertiary/aromatic N) is 2. The van der Waals surface area contributed by atoms with E-state index in [9.17, 15) is 13.2 Å². The van der Waals surface area contributed by atoms with Gasteiger partial charge in [-0.25, -0.2) is 8.42 Å². The van der Waals surface area contributed by atoms with Crippen molar-refractivity contribution in [3.63, 3.8) is 0 Å². The summed E-state index contributed by atoms with van der Waals surface area (Å²) in [5.74, 6) is -0.242. The molecule has 0 aromatic heterocycles. The summed E-state index contributed by atoms with van der Waals surface area (Å²) in [5.41, 5.74) is 6.65. The van der Waals surface area contributed by atoms with Crippen molar-refractivity contribution in [2.24, 2.45) is 0 Å². The third kappa shape index (κ3) is 3.77. The highest BCUT2D eigenvalue weighted by atomic mass is 32.2. The van der Waals surface area contributed by atoms with Gasteiger partial charge in [0, 0.05) is 31.4 Å². The Bertz CT molecular complexity index is 655. The number of carbonyl (C=O) groups is 1. The SMILES string of the molecule is CCN(C(=O)CN(C)S(=O)(=O)C1C(C)NNC1C)c1ccccc1. The zero-order valence-electron chi connectivity index (χ0n) is 14.6. The van der Waals surface area contributed by atoms with Gasteiger partial charge in [0.15, 0.2) is 0 Å². The van der Waals surface area contributed by atoms with E-state index in [1.54, 1.807) is 4.90 Å². The number of amides is 1. The maximum absolute atomic E-state index is 12.8. The van der Waals surface area contributed by atoms with Crippen LogP contribution in [0.5, 0.6) is 0 Å². The van der Waals surface area contributed by atoms with Gasteiger partial charge < -0.3 is 4.90 Å². The molecule has 2 N–H and O–H groups in total. The molecule has 1 aromatic carbocycles. The zero-order valence-corrected chi connectivity index (χ0v) is 15.4. The molecule has 2 unspecified atom stereocenters. The van der Waals surface area contributed by atoms with Gasteiger partial charge in [-0.3, -0.25) is 15.6 Å². The van der Waals surface area contributed by atoms with Crippen molar-refractivity contribution in [2.45, 2.75) is 38.1 Å². The van der Waals surface area contributed by atoms with Crippen LogP contribution in [0.15, 0.2) is 30.3 Å². The van der Waals surface area contributed by atoms with Crippen molar-refractivity contribution in [3.8, 4) is 0 Å². The molecule has 1 aromatic rings. The Morgan fingerprint density at radius 1 is 1.12 bits per heavy atom. The van der Waals surface area contributed by atoms with E-state index in [2.05, 4.69) is 10.9 Å². The second-order valence-corrected chi connectivity index (χ2v) is 8.30.